The van der Waals surface area contributed by atoms with Crippen LogP contribution < -0.4 is 0 Å². The second-order valence-electron chi connectivity index (χ2n) is 5.52. The van der Waals surface area contributed by atoms with Gasteiger partial charge in [-0.3, -0.25) is 0 Å². The van der Waals surface area contributed by atoms with Gasteiger partial charge >= 0.3 is 0 Å². The van der Waals surface area contributed by atoms with Crippen molar-refractivity contribution in [1.29, 1.82) is 5.26 Å². The number of halogens is 2. The minimum atomic E-state index is -0.449. The molecule has 1 atom stereocenters. The summed E-state index contributed by atoms with van der Waals surface area (Å²) in [6.45, 7) is 4.18. The van der Waals surface area contributed by atoms with Crippen LogP contribution in [0, 0.1) is 17.1 Å². The predicted octanol–water partition coefficient (Wildman–Crippen LogP) is 5.34. The number of benzene rings is 1. The van der Waals surface area contributed by atoms with Crippen molar-refractivity contribution in [3.8, 4) is 17.2 Å². The average molecular weight is 328 g/mol. The molecule has 23 heavy (non-hydrogen) atoms. The van der Waals surface area contributed by atoms with Gasteiger partial charge in [0.1, 0.15) is 23.2 Å². The van der Waals surface area contributed by atoms with Gasteiger partial charge in [-0.15, -0.1) is 0 Å². The summed E-state index contributed by atoms with van der Waals surface area (Å²) in [5, 5.41) is 10.1. The fourth-order valence-electron chi connectivity index (χ4n) is 2.61. The number of nitrogens with zero attached hydrogens (tertiary/aromatic N) is 3. The van der Waals surface area contributed by atoms with Crippen LogP contribution in [-0.4, -0.2) is 9.55 Å². The summed E-state index contributed by atoms with van der Waals surface area (Å²) < 4.78 is 15.9. The molecular weight excluding hydrogens is 313 g/mol. The van der Waals surface area contributed by atoms with E-state index in [1.54, 1.807) is 18.2 Å². The number of rotatable bonds is 3. The number of pyridine rings is 1. The minimum absolute atomic E-state index is 0.101. The molecule has 116 valence electrons. The number of fused-ring (bicyclic) bond motifs is 1. The first-order valence-electron chi connectivity index (χ1n) is 7.42. The molecule has 0 aliphatic carbocycles. The van der Waals surface area contributed by atoms with E-state index in [-0.39, 0.29) is 11.1 Å². The largest absolute Gasteiger partial charge is 0.329 e. The highest BCUT2D eigenvalue weighted by Crippen LogP contribution is 2.33. The van der Waals surface area contributed by atoms with Gasteiger partial charge in [-0.05, 0) is 43.2 Å². The maximum Gasteiger partial charge on any atom is 0.142 e. The maximum absolute atomic E-state index is 13.8. The third-order valence-electron chi connectivity index (χ3n) is 4.09. The Kier molecular flexibility index (Phi) is 4.06. The predicted molar refractivity (Wildman–Crippen MR) is 89.9 cm³/mol. The Morgan fingerprint density at radius 3 is 2.78 bits per heavy atom. The molecule has 0 aliphatic rings. The molecule has 5 heteroatoms. The van der Waals surface area contributed by atoms with Gasteiger partial charge in [-0.1, -0.05) is 24.6 Å². The lowest BCUT2D eigenvalue weighted by Crippen LogP contribution is -2.03. The van der Waals surface area contributed by atoms with Gasteiger partial charge < -0.3 is 4.57 Å². The van der Waals surface area contributed by atoms with Crippen LogP contribution in [0.4, 0.5) is 4.39 Å². The van der Waals surface area contributed by atoms with Crippen molar-refractivity contribution in [2.24, 2.45) is 0 Å². The van der Waals surface area contributed by atoms with E-state index in [9.17, 15) is 4.39 Å². The van der Waals surface area contributed by atoms with Crippen LogP contribution in [0.1, 0.15) is 32.0 Å². The summed E-state index contributed by atoms with van der Waals surface area (Å²) >= 11 is 5.78. The van der Waals surface area contributed by atoms with Crippen molar-refractivity contribution >= 4 is 22.6 Å². The monoisotopic (exact) mass is 327 g/mol. The third kappa shape index (κ3) is 2.69. The van der Waals surface area contributed by atoms with Crippen molar-refractivity contribution in [1.82, 2.24) is 9.55 Å². The molecule has 0 amide bonds. The van der Waals surface area contributed by atoms with Gasteiger partial charge in [0.2, 0.25) is 0 Å². The molecule has 2 aromatic heterocycles. The van der Waals surface area contributed by atoms with Crippen LogP contribution in [0.2, 0.25) is 5.02 Å². The van der Waals surface area contributed by atoms with Gasteiger partial charge in [0, 0.05) is 23.2 Å². The second kappa shape index (κ2) is 6.02. The number of hydrogen-bond acceptors (Lipinski definition) is 2. The first kappa shape index (κ1) is 15.5. The Morgan fingerprint density at radius 1 is 1.35 bits per heavy atom. The molecule has 0 unspecified atom stereocenters. The Balaban J connectivity index is 2.29. The van der Waals surface area contributed by atoms with E-state index < -0.39 is 5.82 Å². The van der Waals surface area contributed by atoms with E-state index in [2.05, 4.69) is 24.9 Å². The SMILES string of the molecule is CC[C@H](C)n1cc(-c2ccc(Cl)c(F)c2)c2ccc(C#N)nc21. The quantitative estimate of drug-likeness (QED) is 0.651. The molecule has 0 fully saturated rings. The van der Waals surface area contributed by atoms with Crippen molar-refractivity contribution < 1.29 is 4.39 Å². The average Bonchev–Trinajstić information content (AvgIpc) is 2.95. The van der Waals surface area contributed by atoms with Crippen molar-refractivity contribution in [3.05, 3.63) is 53.1 Å². The number of hydrogen-bond donors (Lipinski definition) is 0. The van der Waals surface area contributed by atoms with Gasteiger partial charge in [-0.25, -0.2) is 9.37 Å². The van der Waals surface area contributed by atoms with Crippen molar-refractivity contribution in [2.45, 2.75) is 26.3 Å². The molecule has 0 radical (unpaired) electrons. The van der Waals surface area contributed by atoms with E-state index >= 15 is 0 Å². The van der Waals surface area contributed by atoms with E-state index in [0.29, 0.717) is 5.69 Å². The molecule has 0 N–H and O–H groups in total. The molecule has 0 saturated carbocycles. The van der Waals surface area contributed by atoms with Crippen LogP contribution >= 0.6 is 11.6 Å². The van der Waals surface area contributed by atoms with Gasteiger partial charge in [-0.2, -0.15) is 5.26 Å². The van der Waals surface area contributed by atoms with E-state index in [1.807, 2.05) is 16.8 Å². The number of aromatic nitrogens is 2. The Hall–Kier alpha value is -2.38. The Morgan fingerprint density at radius 2 is 2.13 bits per heavy atom. The lowest BCUT2D eigenvalue weighted by molar-refractivity contribution is 0.545. The topological polar surface area (TPSA) is 41.6 Å². The molecule has 0 aliphatic heterocycles. The summed E-state index contributed by atoms with van der Waals surface area (Å²) in [6.07, 6.45) is 2.90. The fraction of sp³-hybridized carbons (Fsp3) is 0.222. The summed E-state index contributed by atoms with van der Waals surface area (Å²) in [4.78, 5) is 4.43. The number of nitriles is 1. The molecule has 3 rings (SSSR count). The molecule has 1 aromatic carbocycles. The zero-order chi connectivity index (χ0) is 16.6. The standard InChI is InChI=1S/C18H15ClFN3/c1-3-11(2)23-10-15(12-4-7-16(19)17(20)8-12)14-6-5-13(9-21)22-18(14)23/h4-8,10-11H,3H2,1-2H3/t11-/m0/s1. The first-order chi connectivity index (χ1) is 11.0. The Bertz CT molecular complexity index is 924. The first-order valence-corrected chi connectivity index (χ1v) is 7.80. The van der Waals surface area contributed by atoms with Crippen LogP contribution in [0.15, 0.2) is 36.5 Å². The van der Waals surface area contributed by atoms with Gasteiger partial charge in [0.15, 0.2) is 0 Å². The highest BCUT2D eigenvalue weighted by Gasteiger charge is 2.16. The summed E-state index contributed by atoms with van der Waals surface area (Å²) in [5.41, 5.74) is 2.73. The Labute approximate surface area is 138 Å². The normalized spacial score (nSPS) is 12.3. The fourth-order valence-corrected chi connectivity index (χ4v) is 2.73. The molecular formula is C18H15ClFN3. The summed E-state index contributed by atoms with van der Waals surface area (Å²) in [7, 11) is 0. The minimum Gasteiger partial charge on any atom is -0.329 e. The smallest absolute Gasteiger partial charge is 0.142 e. The highest BCUT2D eigenvalue weighted by atomic mass is 35.5. The molecule has 0 bridgehead atoms. The van der Waals surface area contributed by atoms with E-state index in [0.717, 1.165) is 28.6 Å². The zero-order valence-electron chi connectivity index (χ0n) is 12.8. The molecule has 0 spiro atoms. The second-order valence-corrected chi connectivity index (χ2v) is 5.92. The lowest BCUT2D eigenvalue weighted by atomic mass is 10.1. The summed E-state index contributed by atoms with van der Waals surface area (Å²) in [5.74, 6) is -0.449. The van der Waals surface area contributed by atoms with Crippen molar-refractivity contribution in [3.63, 3.8) is 0 Å². The van der Waals surface area contributed by atoms with Gasteiger partial charge in [0.25, 0.3) is 0 Å². The van der Waals surface area contributed by atoms with Crippen LogP contribution in [0.5, 0.6) is 0 Å². The van der Waals surface area contributed by atoms with Crippen LogP contribution in [0.3, 0.4) is 0 Å². The molecule has 0 saturated heterocycles. The summed E-state index contributed by atoms with van der Waals surface area (Å²) in [6, 6.07) is 10.6. The zero-order valence-corrected chi connectivity index (χ0v) is 13.6. The maximum atomic E-state index is 13.8. The molecule has 3 nitrogen and oxygen atoms in total. The van der Waals surface area contributed by atoms with Gasteiger partial charge in [0.05, 0.1) is 5.02 Å². The van der Waals surface area contributed by atoms with E-state index in [4.69, 9.17) is 16.9 Å². The highest BCUT2D eigenvalue weighted by molar-refractivity contribution is 6.30. The lowest BCUT2D eigenvalue weighted by Gasteiger charge is -2.11. The third-order valence-corrected chi connectivity index (χ3v) is 4.40. The van der Waals surface area contributed by atoms with Crippen LogP contribution in [-0.2, 0) is 0 Å². The van der Waals surface area contributed by atoms with Crippen LogP contribution in [0.25, 0.3) is 22.2 Å². The van der Waals surface area contributed by atoms with Crippen molar-refractivity contribution in [2.75, 3.05) is 0 Å². The van der Waals surface area contributed by atoms with E-state index in [1.165, 1.54) is 6.07 Å². The molecule has 3 aromatic rings. The molecule has 2 heterocycles.